The minimum Gasteiger partial charge on any atom is -0.493 e. The van der Waals surface area contributed by atoms with E-state index in [2.05, 4.69) is 10.5 Å². The molecule has 8 heteroatoms. The zero-order chi connectivity index (χ0) is 20.6. The lowest BCUT2D eigenvalue weighted by molar-refractivity contribution is -0.386. The Hall–Kier alpha value is -3.58. The summed E-state index contributed by atoms with van der Waals surface area (Å²) < 4.78 is 11.0. The molecule has 0 saturated carbocycles. The third-order valence-electron chi connectivity index (χ3n) is 3.93. The maximum absolute atomic E-state index is 11.6. The number of hydrazone groups is 1. The van der Waals surface area contributed by atoms with Gasteiger partial charge in [0.1, 0.15) is 6.61 Å². The Kier molecular flexibility index (Phi) is 6.65. The van der Waals surface area contributed by atoms with Crippen LogP contribution in [0.2, 0.25) is 5.02 Å². The molecule has 0 aromatic heterocycles. The summed E-state index contributed by atoms with van der Waals surface area (Å²) in [6, 6.07) is 19.4. The highest BCUT2D eigenvalue weighted by atomic mass is 35.5. The molecule has 29 heavy (non-hydrogen) atoms. The van der Waals surface area contributed by atoms with E-state index in [9.17, 15) is 10.1 Å². The van der Waals surface area contributed by atoms with Crippen LogP contribution in [0.3, 0.4) is 0 Å². The summed E-state index contributed by atoms with van der Waals surface area (Å²) in [5.74, 6) is 0.320. The molecular weight excluding hydrogens is 394 g/mol. The second-order valence-electron chi connectivity index (χ2n) is 5.98. The van der Waals surface area contributed by atoms with Gasteiger partial charge in [0.05, 0.1) is 23.9 Å². The average Bonchev–Trinajstić information content (AvgIpc) is 2.73. The van der Waals surface area contributed by atoms with E-state index in [4.69, 9.17) is 21.1 Å². The van der Waals surface area contributed by atoms with Gasteiger partial charge in [0, 0.05) is 16.7 Å². The maximum atomic E-state index is 11.6. The molecule has 148 valence electrons. The third kappa shape index (κ3) is 5.46. The van der Waals surface area contributed by atoms with Crippen LogP contribution in [0.25, 0.3) is 0 Å². The fourth-order valence-corrected chi connectivity index (χ4v) is 2.77. The van der Waals surface area contributed by atoms with Gasteiger partial charge in [-0.15, -0.1) is 0 Å². The van der Waals surface area contributed by atoms with Gasteiger partial charge in [0.25, 0.3) is 0 Å². The van der Waals surface area contributed by atoms with Crippen molar-refractivity contribution >= 4 is 29.2 Å². The van der Waals surface area contributed by atoms with Crippen molar-refractivity contribution in [3.05, 3.63) is 93.0 Å². The average molecular weight is 412 g/mol. The molecule has 0 heterocycles. The summed E-state index contributed by atoms with van der Waals surface area (Å²) in [5.41, 5.74) is 4.68. The van der Waals surface area contributed by atoms with E-state index in [1.54, 1.807) is 30.3 Å². The van der Waals surface area contributed by atoms with Crippen molar-refractivity contribution in [3.8, 4) is 11.5 Å². The van der Waals surface area contributed by atoms with Gasteiger partial charge >= 0.3 is 5.69 Å². The highest BCUT2D eigenvalue weighted by molar-refractivity contribution is 6.30. The lowest BCUT2D eigenvalue weighted by Gasteiger charge is -2.12. The van der Waals surface area contributed by atoms with Gasteiger partial charge in [-0.05, 0) is 29.8 Å². The summed E-state index contributed by atoms with van der Waals surface area (Å²) >= 11 is 5.93. The monoisotopic (exact) mass is 411 g/mol. The van der Waals surface area contributed by atoms with Crippen LogP contribution in [0.5, 0.6) is 11.5 Å². The largest absolute Gasteiger partial charge is 0.493 e. The summed E-state index contributed by atoms with van der Waals surface area (Å²) in [4.78, 5) is 11.1. The Balaban J connectivity index is 1.83. The van der Waals surface area contributed by atoms with Gasteiger partial charge in [0.15, 0.2) is 5.75 Å². The molecule has 0 amide bonds. The van der Waals surface area contributed by atoms with Crippen molar-refractivity contribution in [1.29, 1.82) is 0 Å². The first-order chi connectivity index (χ1) is 14.1. The number of hydrogen-bond donors (Lipinski definition) is 1. The maximum Gasteiger partial charge on any atom is 0.315 e. The molecule has 0 saturated heterocycles. The van der Waals surface area contributed by atoms with Gasteiger partial charge in [-0.1, -0.05) is 48.0 Å². The molecule has 0 atom stereocenters. The smallest absolute Gasteiger partial charge is 0.315 e. The van der Waals surface area contributed by atoms with Crippen LogP contribution in [0.1, 0.15) is 11.1 Å². The van der Waals surface area contributed by atoms with Crippen molar-refractivity contribution in [2.45, 2.75) is 6.61 Å². The van der Waals surface area contributed by atoms with E-state index in [1.165, 1.54) is 19.4 Å². The van der Waals surface area contributed by atoms with Gasteiger partial charge in [-0.25, -0.2) is 0 Å². The summed E-state index contributed by atoms with van der Waals surface area (Å²) in [5, 5.41) is 16.3. The lowest BCUT2D eigenvalue weighted by Crippen LogP contribution is -2.03. The molecule has 3 aromatic carbocycles. The van der Waals surface area contributed by atoms with Crippen LogP contribution < -0.4 is 14.9 Å². The van der Waals surface area contributed by atoms with Crippen LogP contribution in [-0.4, -0.2) is 18.2 Å². The highest BCUT2D eigenvalue weighted by Gasteiger charge is 2.22. The van der Waals surface area contributed by atoms with E-state index in [0.717, 1.165) is 5.56 Å². The van der Waals surface area contributed by atoms with Crippen LogP contribution in [0, 0.1) is 10.1 Å². The quantitative estimate of drug-likeness (QED) is 0.309. The third-order valence-corrected chi connectivity index (χ3v) is 4.17. The molecular formula is C21H18ClN3O4. The van der Waals surface area contributed by atoms with Crippen molar-refractivity contribution in [2.75, 3.05) is 12.5 Å². The number of anilines is 1. The number of rotatable bonds is 8. The van der Waals surface area contributed by atoms with Crippen molar-refractivity contribution < 1.29 is 14.4 Å². The topological polar surface area (TPSA) is 86.0 Å². The zero-order valence-electron chi connectivity index (χ0n) is 15.5. The number of nitrogens with zero attached hydrogens (tertiary/aromatic N) is 2. The summed E-state index contributed by atoms with van der Waals surface area (Å²) in [6.45, 7) is 0.182. The molecule has 0 aliphatic carbocycles. The lowest BCUT2D eigenvalue weighted by atomic mass is 10.1. The highest BCUT2D eigenvalue weighted by Crippen LogP contribution is 2.38. The molecule has 0 aliphatic heterocycles. The Morgan fingerprint density at radius 1 is 1.14 bits per heavy atom. The molecule has 0 fully saturated rings. The van der Waals surface area contributed by atoms with E-state index in [1.807, 2.05) is 30.3 Å². The normalized spacial score (nSPS) is 10.7. The second kappa shape index (κ2) is 9.57. The van der Waals surface area contributed by atoms with Gasteiger partial charge in [-0.3, -0.25) is 15.5 Å². The van der Waals surface area contributed by atoms with Crippen molar-refractivity contribution in [3.63, 3.8) is 0 Å². The molecule has 0 aliphatic rings. The molecule has 0 bridgehead atoms. The number of benzene rings is 3. The first-order valence-electron chi connectivity index (χ1n) is 8.64. The van der Waals surface area contributed by atoms with E-state index in [0.29, 0.717) is 16.3 Å². The molecule has 3 aromatic rings. The van der Waals surface area contributed by atoms with Crippen LogP contribution in [0.15, 0.2) is 71.8 Å². The van der Waals surface area contributed by atoms with Crippen LogP contribution in [-0.2, 0) is 6.61 Å². The summed E-state index contributed by atoms with van der Waals surface area (Å²) in [6.07, 6.45) is 1.46. The van der Waals surface area contributed by atoms with Crippen LogP contribution in [0.4, 0.5) is 11.4 Å². The van der Waals surface area contributed by atoms with Gasteiger partial charge in [0.2, 0.25) is 5.75 Å². The Bertz CT molecular complexity index is 1030. The SMILES string of the molecule is COc1cc(C=NNc2cccc(Cl)c2)cc([N+](=O)[O-])c1OCc1ccccc1. The van der Waals surface area contributed by atoms with Crippen molar-refractivity contribution in [2.24, 2.45) is 5.10 Å². The molecule has 3 rings (SSSR count). The molecule has 0 spiro atoms. The Morgan fingerprint density at radius 2 is 1.93 bits per heavy atom. The second-order valence-corrected chi connectivity index (χ2v) is 6.42. The number of nitrogens with one attached hydrogen (secondary N) is 1. The molecule has 1 N–H and O–H groups in total. The number of nitro groups is 1. The van der Waals surface area contributed by atoms with Crippen molar-refractivity contribution in [1.82, 2.24) is 0 Å². The summed E-state index contributed by atoms with van der Waals surface area (Å²) in [7, 11) is 1.43. The molecule has 0 unspecified atom stereocenters. The first kappa shape index (κ1) is 20.2. The van der Waals surface area contributed by atoms with Gasteiger partial charge < -0.3 is 9.47 Å². The fourth-order valence-electron chi connectivity index (χ4n) is 2.58. The molecule has 7 nitrogen and oxygen atoms in total. The number of methoxy groups -OCH3 is 1. The van der Waals surface area contributed by atoms with Crippen LogP contribution >= 0.6 is 11.6 Å². The molecule has 0 radical (unpaired) electrons. The van der Waals surface area contributed by atoms with Gasteiger partial charge in [-0.2, -0.15) is 5.10 Å². The minimum absolute atomic E-state index is 0.0707. The predicted molar refractivity (Wildman–Crippen MR) is 113 cm³/mol. The Morgan fingerprint density at radius 3 is 2.62 bits per heavy atom. The van der Waals surface area contributed by atoms with E-state index < -0.39 is 4.92 Å². The Labute approximate surface area is 172 Å². The minimum atomic E-state index is -0.509. The first-order valence-corrected chi connectivity index (χ1v) is 9.02. The standard InChI is InChI=1S/C21H18ClN3O4/c1-28-20-11-16(13-23-24-18-9-5-8-17(22)12-18)10-19(25(26)27)21(20)29-14-15-6-3-2-4-7-15/h2-13,24H,14H2,1H3. The van der Waals surface area contributed by atoms with E-state index >= 15 is 0 Å². The number of hydrogen-bond acceptors (Lipinski definition) is 6. The fraction of sp³-hybridized carbons (Fsp3) is 0.0952. The number of ether oxygens (including phenoxy) is 2. The zero-order valence-corrected chi connectivity index (χ0v) is 16.3. The number of halogens is 1. The predicted octanol–water partition coefficient (Wildman–Crippen LogP) is 5.28. The number of nitro benzene ring substituents is 1. The van der Waals surface area contributed by atoms with E-state index in [-0.39, 0.29) is 23.8 Å².